The van der Waals surface area contributed by atoms with E-state index in [-0.39, 0.29) is 5.82 Å². The Morgan fingerprint density at radius 1 is 1.50 bits per heavy atom. The second-order valence-electron chi connectivity index (χ2n) is 3.27. The van der Waals surface area contributed by atoms with Crippen molar-refractivity contribution in [2.45, 2.75) is 6.54 Å². The van der Waals surface area contributed by atoms with Gasteiger partial charge in [-0.15, -0.1) is 0 Å². The first-order valence-electron chi connectivity index (χ1n) is 4.48. The molecule has 2 rings (SSSR count). The van der Waals surface area contributed by atoms with Gasteiger partial charge in [0.2, 0.25) is 0 Å². The summed E-state index contributed by atoms with van der Waals surface area (Å²) in [6.45, 7) is 0.333. The van der Waals surface area contributed by atoms with Crippen LogP contribution in [0.5, 0.6) is 0 Å². The van der Waals surface area contributed by atoms with E-state index in [4.69, 9.17) is 5.73 Å². The number of nitrogens with two attached hydrogens (primary N) is 1. The highest BCUT2D eigenvalue weighted by Crippen LogP contribution is 2.19. The SMILES string of the molecule is Nc1c(I)cnn1Cc1cc(Br)ccc1F. The molecule has 3 nitrogen and oxygen atoms in total. The summed E-state index contributed by atoms with van der Waals surface area (Å²) < 4.78 is 16.8. The minimum absolute atomic E-state index is 0.256. The molecule has 2 N–H and O–H groups in total. The van der Waals surface area contributed by atoms with Crippen LogP contribution in [0.4, 0.5) is 10.2 Å². The molecule has 0 fully saturated rings. The number of rotatable bonds is 2. The molecule has 0 atom stereocenters. The first-order valence-corrected chi connectivity index (χ1v) is 6.36. The van der Waals surface area contributed by atoms with Crippen molar-refractivity contribution < 1.29 is 4.39 Å². The fraction of sp³-hybridized carbons (Fsp3) is 0.100. The van der Waals surface area contributed by atoms with Gasteiger partial charge in [-0.3, -0.25) is 0 Å². The van der Waals surface area contributed by atoms with Crippen molar-refractivity contribution in [3.8, 4) is 0 Å². The van der Waals surface area contributed by atoms with E-state index in [1.807, 2.05) is 0 Å². The summed E-state index contributed by atoms with van der Waals surface area (Å²) >= 11 is 5.40. The Bertz CT molecular complexity index is 527. The number of anilines is 1. The first kappa shape index (κ1) is 11.8. The Balaban J connectivity index is 2.33. The molecule has 6 heteroatoms. The summed E-state index contributed by atoms with van der Waals surface area (Å²) in [5.41, 5.74) is 6.35. The van der Waals surface area contributed by atoms with Crippen molar-refractivity contribution in [1.82, 2.24) is 9.78 Å². The highest BCUT2D eigenvalue weighted by Gasteiger charge is 2.08. The highest BCUT2D eigenvalue weighted by atomic mass is 127. The molecule has 1 aromatic carbocycles. The predicted octanol–water partition coefficient (Wildman–Crippen LogP) is 3.02. The lowest BCUT2D eigenvalue weighted by Crippen LogP contribution is -2.07. The Labute approximate surface area is 114 Å². The van der Waals surface area contributed by atoms with Crippen LogP contribution in [0.15, 0.2) is 28.9 Å². The molecule has 0 amide bonds. The van der Waals surface area contributed by atoms with Crippen LogP contribution in [-0.4, -0.2) is 9.78 Å². The van der Waals surface area contributed by atoms with E-state index in [1.54, 1.807) is 23.0 Å². The molecule has 2 aromatic rings. The standard InChI is InChI=1S/C10H8BrFIN3/c11-7-1-2-8(12)6(3-7)5-16-10(14)9(13)4-15-16/h1-4H,5,14H2. The maximum absolute atomic E-state index is 13.5. The van der Waals surface area contributed by atoms with Crippen LogP contribution in [0, 0.1) is 9.39 Å². The van der Waals surface area contributed by atoms with E-state index in [2.05, 4.69) is 43.6 Å². The third-order valence-corrected chi connectivity index (χ3v) is 3.49. The molecule has 0 unspecified atom stereocenters. The minimum atomic E-state index is -0.256. The van der Waals surface area contributed by atoms with Gasteiger partial charge in [0, 0.05) is 10.0 Å². The maximum Gasteiger partial charge on any atom is 0.135 e. The van der Waals surface area contributed by atoms with Crippen molar-refractivity contribution >= 4 is 44.3 Å². The van der Waals surface area contributed by atoms with Gasteiger partial charge >= 0.3 is 0 Å². The van der Waals surface area contributed by atoms with Crippen molar-refractivity contribution in [3.63, 3.8) is 0 Å². The molecule has 84 valence electrons. The maximum atomic E-state index is 13.5. The smallest absolute Gasteiger partial charge is 0.135 e. The van der Waals surface area contributed by atoms with Crippen LogP contribution in [0.1, 0.15) is 5.56 Å². The Hall–Kier alpha value is -0.630. The quantitative estimate of drug-likeness (QED) is 0.794. The van der Waals surface area contributed by atoms with Gasteiger partial charge in [0.25, 0.3) is 0 Å². The van der Waals surface area contributed by atoms with Crippen molar-refractivity contribution in [1.29, 1.82) is 0 Å². The average molecular weight is 396 g/mol. The zero-order chi connectivity index (χ0) is 11.7. The summed E-state index contributed by atoms with van der Waals surface area (Å²) in [7, 11) is 0. The van der Waals surface area contributed by atoms with E-state index in [0.29, 0.717) is 17.9 Å². The summed E-state index contributed by atoms with van der Waals surface area (Å²) in [4.78, 5) is 0. The summed E-state index contributed by atoms with van der Waals surface area (Å²) in [5, 5.41) is 4.08. The van der Waals surface area contributed by atoms with E-state index >= 15 is 0 Å². The Morgan fingerprint density at radius 2 is 2.25 bits per heavy atom. The van der Waals surface area contributed by atoms with Crippen LogP contribution in [0.3, 0.4) is 0 Å². The van der Waals surface area contributed by atoms with E-state index in [0.717, 1.165) is 8.04 Å². The van der Waals surface area contributed by atoms with Gasteiger partial charge in [0.05, 0.1) is 16.3 Å². The zero-order valence-corrected chi connectivity index (χ0v) is 11.9. The number of hydrogen-bond acceptors (Lipinski definition) is 2. The molecule has 0 radical (unpaired) electrons. The van der Waals surface area contributed by atoms with Crippen LogP contribution in [0.25, 0.3) is 0 Å². The molecule has 0 spiro atoms. The Morgan fingerprint density at radius 3 is 2.88 bits per heavy atom. The van der Waals surface area contributed by atoms with Crippen molar-refractivity contribution in [2.75, 3.05) is 5.73 Å². The lowest BCUT2D eigenvalue weighted by Gasteiger charge is -2.06. The van der Waals surface area contributed by atoms with E-state index in [9.17, 15) is 4.39 Å². The fourth-order valence-corrected chi connectivity index (χ4v) is 2.14. The highest BCUT2D eigenvalue weighted by molar-refractivity contribution is 14.1. The molecule has 1 heterocycles. The van der Waals surface area contributed by atoms with Crippen LogP contribution >= 0.6 is 38.5 Å². The van der Waals surface area contributed by atoms with Gasteiger partial charge in [0.15, 0.2) is 0 Å². The fourth-order valence-electron chi connectivity index (χ4n) is 1.32. The van der Waals surface area contributed by atoms with Crippen LogP contribution < -0.4 is 5.73 Å². The predicted molar refractivity (Wildman–Crippen MR) is 72.6 cm³/mol. The van der Waals surface area contributed by atoms with Crippen LogP contribution in [-0.2, 0) is 6.54 Å². The second-order valence-corrected chi connectivity index (χ2v) is 5.35. The van der Waals surface area contributed by atoms with E-state index < -0.39 is 0 Å². The lowest BCUT2D eigenvalue weighted by atomic mass is 10.2. The molecule has 1 aromatic heterocycles. The Kier molecular flexibility index (Phi) is 3.48. The largest absolute Gasteiger partial charge is 0.383 e. The van der Waals surface area contributed by atoms with Gasteiger partial charge in [-0.25, -0.2) is 9.07 Å². The van der Waals surface area contributed by atoms with E-state index in [1.165, 1.54) is 6.07 Å². The minimum Gasteiger partial charge on any atom is -0.383 e. The molecule has 0 aliphatic heterocycles. The van der Waals surface area contributed by atoms with Gasteiger partial charge in [-0.2, -0.15) is 5.10 Å². The second kappa shape index (κ2) is 4.70. The molecule has 16 heavy (non-hydrogen) atoms. The van der Waals surface area contributed by atoms with Gasteiger partial charge in [0.1, 0.15) is 11.6 Å². The number of halogens is 3. The van der Waals surface area contributed by atoms with Gasteiger partial charge < -0.3 is 5.73 Å². The van der Waals surface area contributed by atoms with Crippen molar-refractivity contribution in [3.05, 3.63) is 43.8 Å². The molecule has 0 bridgehead atoms. The third-order valence-electron chi connectivity index (χ3n) is 2.16. The first-order chi connectivity index (χ1) is 7.58. The number of benzene rings is 1. The third kappa shape index (κ3) is 2.37. The lowest BCUT2D eigenvalue weighted by molar-refractivity contribution is 0.587. The number of nitrogens with zero attached hydrogens (tertiary/aromatic N) is 2. The van der Waals surface area contributed by atoms with Crippen molar-refractivity contribution in [2.24, 2.45) is 0 Å². The normalized spacial score (nSPS) is 10.7. The summed E-state index contributed by atoms with van der Waals surface area (Å²) in [5.74, 6) is 0.299. The topological polar surface area (TPSA) is 43.8 Å². The summed E-state index contributed by atoms with van der Waals surface area (Å²) in [6.07, 6.45) is 1.66. The average Bonchev–Trinajstić information content (AvgIpc) is 2.55. The number of hydrogen-bond donors (Lipinski definition) is 1. The number of aromatic nitrogens is 2. The molecule has 0 saturated heterocycles. The molecule has 0 saturated carbocycles. The molecular weight excluding hydrogens is 388 g/mol. The van der Waals surface area contributed by atoms with Gasteiger partial charge in [-0.05, 0) is 40.8 Å². The van der Waals surface area contributed by atoms with Crippen LogP contribution in [0.2, 0.25) is 0 Å². The molecule has 0 aliphatic rings. The van der Waals surface area contributed by atoms with Gasteiger partial charge in [-0.1, -0.05) is 15.9 Å². The summed E-state index contributed by atoms with van der Waals surface area (Å²) in [6, 6.07) is 4.81. The monoisotopic (exact) mass is 395 g/mol. The molecular formula is C10H8BrFIN3. The number of nitrogen functional groups attached to an aromatic ring is 1. The molecule has 0 aliphatic carbocycles. The zero-order valence-electron chi connectivity index (χ0n) is 8.12.